The molecule has 36 heavy (non-hydrogen) atoms. The summed E-state index contributed by atoms with van der Waals surface area (Å²) >= 11 is 1.39. The number of hydrogen-bond acceptors (Lipinski definition) is 8. The molecule has 1 aromatic carbocycles. The Kier molecular flexibility index (Phi) is 6.47. The summed E-state index contributed by atoms with van der Waals surface area (Å²) < 4.78 is 19.4. The van der Waals surface area contributed by atoms with Crippen molar-refractivity contribution in [3.8, 4) is 5.75 Å². The molecule has 4 aromatic rings. The van der Waals surface area contributed by atoms with E-state index in [1.807, 2.05) is 18.4 Å². The number of methoxy groups -OCH3 is 1. The highest BCUT2D eigenvalue weighted by Gasteiger charge is 2.34. The van der Waals surface area contributed by atoms with Gasteiger partial charge < -0.3 is 20.3 Å². The number of nitrogens with one attached hydrogen (secondary N) is 2. The molecule has 0 saturated carbocycles. The number of thiophene rings is 1. The van der Waals surface area contributed by atoms with Crippen LogP contribution in [0.1, 0.15) is 39.4 Å². The molecule has 1 aliphatic heterocycles. The molecule has 0 spiro atoms. The number of benzene rings is 1. The van der Waals surface area contributed by atoms with Gasteiger partial charge in [-0.25, -0.2) is 14.4 Å². The number of ether oxygens (including phenoxy) is 1. The number of fused-ring (bicyclic) bond motifs is 1. The molecule has 1 atom stereocenters. The van der Waals surface area contributed by atoms with Crippen molar-refractivity contribution in [2.75, 3.05) is 25.5 Å². The molecule has 1 unspecified atom stereocenters. The van der Waals surface area contributed by atoms with Gasteiger partial charge in [-0.05, 0) is 48.2 Å². The van der Waals surface area contributed by atoms with Gasteiger partial charge in [-0.2, -0.15) is 0 Å². The fourth-order valence-electron chi connectivity index (χ4n) is 3.93. The largest absolute Gasteiger partial charge is 0.497 e. The first kappa shape index (κ1) is 23.6. The van der Waals surface area contributed by atoms with Gasteiger partial charge in [-0.1, -0.05) is 6.07 Å². The van der Waals surface area contributed by atoms with Crippen molar-refractivity contribution >= 4 is 39.3 Å². The minimum absolute atomic E-state index is 0.161. The lowest BCUT2D eigenvalue weighted by Gasteiger charge is -2.39. The number of nitrogens with zero attached hydrogens (tertiary/aromatic N) is 4. The van der Waals surface area contributed by atoms with Crippen LogP contribution in [0.15, 0.2) is 54.2 Å². The molecule has 5 rings (SSSR count). The third-order valence-electron chi connectivity index (χ3n) is 5.91. The van der Waals surface area contributed by atoms with E-state index in [0.717, 1.165) is 6.20 Å². The number of anilines is 1. The molecule has 1 saturated heterocycles. The summed E-state index contributed by atoms with van der Waals surface area (Å²) in [6.07, 6.45) is 2.70. The number of halogens is 1. The average molecular weight is 507 g/mol. The first-order chi connectivity index (χ1) is 17.4. The summed E-state index contributed by atoms with van der Waals surface area (Å²) in [5.74, 6) is -0.0218. The first-order valence-corrected chi connectivity index (χ1v) is 12.2. The molecule has 2 amide bonds. The molecular weight excluding hydrogens is 483 g/mol. The van der Waals surface area contributed by atoms with Crippen molar-refractivity contribution in [2.45, 2.75) is 19.0 Å². The Morgan fingerprint density at radius 1 is 1.19 bits per heavy atom. The zero-order valence-electron chi connectivity index (χ0n) is 19.6. The first-order valence-electron chi connectivity index (χ1n) is 11.3. The summed E-state index contributed by atoms with van der Waals surface area (Å²) in [7, 11) is 1.55. The SMILES string of the molecule is COc1cccc(C(=O)NC2CN(C(=O)c3nc(NC(C)c4cncc(F)c4)nc4ccsc34)C2)c1. The van der Waals surface area contributed by atoms with Crippen molar-refractivity contribution in [3.05, 3.63) is 76.8 Å². The van der Waals surface area contributed by atoms with Crippen molar-refractivity contribution in [1.82, 2.24) is 25.2 Å². The third kappa shape index (κ3) is 4.82. The summed E-state index contributed by atoms with van der Waals surface area (Å²) in [4.78, 5) is 40.4. The van der Waals surface area contributed by atoms with Crippen molar-refractivity contribution < 1.29 is 18.7 Å². The van der Waals surface area contributed by atoms with E-state index in [0.29, 0.717) is 45.9 Å². The highest BCUT2D eigenvalue weighted by Crippen LogP contribution is 2.27. The van der Waals surface area contributed by atoms with Gasteiger partial charge in [-0.3, -0.25) is 14.6 Å². The molecule has 1 fully saturated rings. The molecular formula is C25H23FN6O3S. The molecule has 184 valence electrons. The van der Waals surface area contributed by atoms with E-state index in [-0.39, 0.29) is 29.8 Å². The van der Waals surface area contributed by atoms with Crippen molar-refractivity contribution in [1.29, 1.82) is 0 Å². The van der Waals surface area contributed by atoms with Gasteiger partial charge in [0, 0.05) is 24.8 Å². The quantitative estimate of drug-likeness (QED) is 0.394. The van der Waals surface area contributed by atoms with Gasteiger partial charge in [0.2, 0.25) is 5.95 Å². The van der Waals surface area contributed by atoms with Crippen molar-refractivity contribution in [3.63, 3.8) is 0 Å². The van der Waals surface area contributed by atoms with E-state index < -0.39 is 5.82 Å². The van der Waals surface area contributed by atoms with Crippen LogP contribution in [0.25, 0.3) is 10.2 Å². The number of aromatic nitrogens is 3. The van der Waals surface area contributed by atoms with Gasteiger partial charge in [0.1, 0.15) is 11.6 Å². The van der Waals surface area contributed by atoms with E-state index in [1.54, 1.807) is 42.5 Å². The predicted molar refractivity (Wildman–Crippen MR) is 134 cm³/mol. The monoisotopic (exact) mass is 506 g/mol. The van der Waals surface area contributed by atoms with Crippen LogP contribution in [0.5, 0.6) is 5.75 Å². The number of rotatable bonds is 7. The fraction of sp³-hybridized carbons (Fsp3) is 0.240. The number of likely N-dealkylation sites (tertiary alicyclic amines) is 1. The van der Waals surface area contributed by atoms with E-state index in [1.165, 1.54) is 17.4 Å². The Labute approximate surface area is 210 Å². The van der Waals surface area contributed by atoms with E-state index in [2.05, 4.69) is 25.6 Å². The van der Waals surface area contributed by atoms with Crippen LogP contribution in [-0.2, 0) is 0 Å². The maximum atomic E-state index is 13.6. The molecule has 2 N–H and O–H groups in total. The van der Waals surface area contributed by atoms with Crippen LogP contribution in [0.2, 0.25) is 0 Å². The molecule has 4 heterocycles. The van der Waals surface area contributed by atoms with Gasteiger partial charge in [0.05, 0.1) is 35.6 Å². The predicted octanol–water partition coefficient (Wildman–Crippen LogP) is 3.66. The Bertz CT molecular complexity index is 1440. The van der Waals surface area contributed by atoms with E-state index >= 15 is 0 Å². The number of amides is 2. The number of carbonyl (C=O) groups excluding carboxylic acids is 2. The Morgan fingerprint density at radius 2 is 2.03 bits per heavy atom. The molecule has 1 aliphatic rings. The lowest BCUT2D eigenvalue weighted by atomic mass is 10.1. The average Bonchev–Trinajstić information content (AvgIpc) is 3.33. The highest BCUT2D eigenvalue weighted by molar-refractivity contribution is 7.17. The van der Waals surface area contributed by atoms with Gasteiger partial charge in [0.15, 0.2) is 5.69 Å². The van der Waals surface area contributed by atoms with Gasteiger partial charge >= 0.3 is 0 Å². The summed E-state index contributed by atoms with van der Waals surface area (Å²) in [5.41, 5.74) is 2.07. The standard InChI is InChI=1S/C25H23FN6O3S/c1-14(16-8-17(26)11-27-10-16)28-25-30-20-6-7-36-22(20)21(31-25)24(34)32-12-18(13-32)29-23(33)15-4-3-5-19(9-15)35-2/h3-11,14,18H,12-13H2,1-2H3,(H,29,33)(H,28,30,31). The summed E-state index contributed by atoms with van der Waals surface area (Å²) in [6.45, 7) is 2.59. The van der Waals surface area contributed by atoms with Crippen LogP contribution in [0.4, 0.5) is 10.3 Å². The van der Waals surface area contributed by atoms with Gasteiger partial charge in [-0.15, -0.1) is 11.3 Å². The lowest BCUT2D eigenvalue weighted by Crippen LogP contribution is -2.61. The maximum absolute atomic E-state index is 13.6. The van der Waals surface area contributed by atoms with Crippen LogP contribution < -0.4 is 15.4 Å². The fourth-order valence-corrected chi connectivity index (χ4v) is 4.75. The Hall–Kier alpha value is -4.12. The Morgan fingerprint density at radius 3 is 2.81 bits per heavy atom. The second-order valence-corrected chi connectivity index (χ2v) is 9.36. The van der Waals surface area contributed by atoms with Gasteiger partial charge in [0.25, 0.3) is 11.8 Å². The minimum Gasteiger partial charge on any atom is -0.497 e. The third-order valence-corrected chi connectivity index (χ3v) is 6.82. The number of pyridine rings is 1. The normalized spacial score (nSPS) is 14.2. The maximum Gasteiger partial charge on any atom is 0.274 e. The van der Waals surface area contributed by atoms with Crippen molar-refractivity contribution in [2.24, 2.45) is 0 Å². The van der Waals surface area contributed by atoms with E-state index in [4.69, 9.17) is 4.74 Å². The van der Waals surface area contributed by atoms with Crippen LogP contribution in [0.3, 0.4) is 0 Å². The van der Waals surface area contributed by atoms with Crippen LogP contribution in [-0.4, -0.2) is 57.9 Å². The second-order valence-electron chi connectivity index (χ2n) is 8.45. The molecule has 0 aliphatic carbocycles. The summed E-state index contributed by atoms with van der Waals surface area (Å²) in [5, 5.41) is 7.94. The second kappa shape index (κ2) is 9.86. The molecule has 11 heteroatoms. The number of carbonyl (C=O) groups is 2. The lowest BCUT2D eigenvalue weighted by molar-refractivity contribution is 0.0539. The van der Waals surface area contributed by atoms with Crippen LogP contribution in [0, 0.1) is 5.82 Å². The smallest absolute Gasteiger partial charge is 0.274 e. The topological polar surface area (TPSA) is 109 Å². The zero-order valence-corrected chi connectivity index (χ0v) is 20.4. The highest BCUT2D eigenvalue weighted by atomic mass is 32.1. The molecule has 0 radical (unpaired) electrons. The molecule has 3 aromatic heterocycles. The number of hydrogen-bond donors (Lipinski definition) is 2. The van der Waals surface area contributed by atoms with E-state index in [9.17, 15) is 14.0 Å². The zero-order chi connectivity index (χ0) is 25.2. The molecule has 0 bridgehead atoms. The minimum atomic E-state index is -0.433. The molecule has 9 nitrogen and oxygen atoms in total. The Balaban J connectivity index is 1.27. The summed E-state index contributed by atoms with van der Waals surface area (Å²) in [6, 6.07) is 9.63. The van der Waals surface area contributed by atoms with Crippen LogP contribution >= 0.6 is 11.3 Å².